The van der Waals surface area contributed by atoms with Gasteiger partial charge in [-0.3, -0.25) is 0 Å². The van der Waals surface area contributed by atoms with Crippen LogP contribution in [-0.2, 0) is 0 Å². The van der Waals surface area contributed by atoms with Crippen molar-refractivity contribution in [1.82, 2.24) is 6.15 Å². The molecule has 0 unspecified atom stereocenters. The van der Waals surface area contributed by atoms with Gasteiger partial charge < -0.3 is 10.0 Å². The summed E-state index contributed by atoms with van der Waals surface area (Å²) in [6, 6.07) is 7.03. The first-order valence-electron chi connectivity index (χ1n) is 4.44. The van der Waals surface area contributed by atoms with Gasteiger partial charge in [0.2, 0.25) is 0 Å². The average molecular weight is 248 g/mol. The maximum absolute atomic E-state index is 9.13. The zero-order chi connectivity index (χ0) is 10.4. The summed E-state index contributed by atoms with van der Waals surface area (Å²) in [5.41, 5.74) is 1.03. The third-order valence-electron chi connectivity index (χ3n) is 1.92. The Labute approximate surface area is 100 Å². The van der Waals surface area contributed by atoms with E-state index in [4.69, 9.17) is 28.3 Å². The van der Waals surface area contributed by atoms with Crippen molar-refractivity contribution in [2.24, 2.45) is 0 Å². The number of rotatable bonds is 5. The molecule has 1 N–H and O–H groups in total. The van der Waals surface area contributed by atoms with Crippen molar-refractivity contribution in [2.75, 3.05) is 29.7 Å². The van der Waals surface area contributed by atoms with Crippen LogP contribution in [0.4, 0.5) is 5.69 Å². The van der Waals surface area contributed by atoms with Gasteiger partial charge in [-0.2, -0.15) is 0 Å². The van der Waals surface area contributed by atoms with E-state index >= 15 is 0 Å². The molecule has 83 valence electrons. The lowest BCUT2D eigenvalue weighted by Gasteiger charge is -2.22. The molecule has 0 aliphatic rings. The Morgan fingerprint density at radius 3 is 1.87 bits per heavy atom. The van der Waals surface area contributed by atoms with E-state index in [9.17, 15) is 0 Å². The summed E-state index contributed by atoms with van der Waals surface area (Å²) in [6.07, 6.45) is 0. The molecular formula is C10H13Cl2N2O. The second-order valence-electron chi connectivity index (χ2n) is 2.88. The molecule has 15 heavy (non-hydrogen) atoms. The first kappa shape index (κ1) is 14.4. The van der Waals surface area contributed by atoms with Gasteiger partial charge in [0.05, 0.1) is 0 Å². The van der Waals surface area contributed by atoms with Crippen LogP contribution in [0.2, 0.25) is 0 Å². The number of alkyl halides is 2. The first-order chi connectivity index (χ1) is 6.77. The normalized spacial score (nSPS) is 9.47. The summed E-state index contributed by atoms with van der Waals surface area (Å²) < 4.78 is 0. The smallest absolute Gasteiger partial charge is 0.115 e. The molecule has 0 spiro atoms. The molecule has 0 aromatic heterocycles. The minimum Gasteiger partial charge on any atom is -0.508 e. The molecule has 0 heterocycles. The van der Waals surface area contributed by atoms with Gasteiger partial charge in [0.1, 0.15) is 5.75 Å². The van der Waals surface area contributed by atoms with Gasteiger partial charge in [0.25, 0.3) is 0 Å². The van der Waals surface area contributed by atoms with Crippen molar-refractivity contribution in [3.05, 3.63) is 24.3 Å². The van der Waals surface area contributed by atoms with E-state index in [0.29, 0.717) is 11.8 Å². The van der Waals surface area contributed by atoms with Gasteiger partial charge in [0, 0.05) is 36.7 Å². The molecule has 0 saturated carbocycles. The van der Waals surface area contributed by atoms with Gasteiger partial charge in [-0.1, -0.05) is 0 Å². The van der Waals surface area contributed by atoms with Crippen LogP contribution in [0.25, 0.3) is 0 Å². The van der Waals surface area contributed by atoms with E-state index in [-0.39, 0.29) is 11.9 Å². The van der Waals surface area contributed by atoms with Crippen LogP contribution in [0, 0.1) is 0 Å². The van der Waals surface area contributed by atoms with Crippen molar-refractivity contribution in [3.8, 4) is 5.75 Å². The van der Waals surface area contributed by atoms with Gasteiger partial charge in [-0.25, -0.2) is 0 Å². The number of nitrogens with zero attached hydrogens (tertiary/aromatic N) is 2. The highest BCUT2D eigenvalue weighted by Crippen LogP contribution is 2.18. The van der Waals surface area contributed by atoms with Crippen molar-refractivity contribution in [3.63, 3.8) is 0 Å². The van der Waals surface area contributed by atoms with Crippen LogP contribution >= 0.6 is 23.2 Å². The van der Waals surface area contributed by atoms with Gasteiger partial charge >= 0.3 is 0 Å². The Morgan fingerprint density at radius 1 is 1.00 bits per heavy atom. The summed E-state index contributed by atoms with van der Waals surface area (Å²) in [4.78, 5) is 2.08. The maximum atomic E-state index is 9.13. The predicted molar refractivity (Wildman–Crippen MR) is 63.9 cm³/mol. The zero-order valence-electron chi connectivity index (χ0n) is 8.24. The highest BCUT2D eigenvalue weighted by molar-refractivity contribution is 6.18. The Balaban J connectivity index is 0.00000196. The predicted octanol–water partition coefficient (Wildman–Crippen LogP) is 2.20. The number of aromatic hydroxyl groups is 1. The van der Waals surface area contributed by atoms with Gasteiger partial charge in [-0.15, -0.1) is 23.2 Å². The summed E-state index contributed by atoms with van der Waals surface area (Å²) in [7, 11) is 0. The molecule has 0 saturated heterocycles. The highest BCUT2D eigenvalue weighted by atomic mass is 35.5. The number of hydrogen-bond acceptors (Lipinski definition) is 2. The van der Waals surface area contributed by atoms with E-state index in [1.165, 1.54) is 0 Å². The van der Waals surface area contributed by atoms with Crippen molar-refractivity contribution >= 4 is 28.9 Å². The Bertz CT molecular complexity index is 261. The van der Waals surface area contributed by atoms with E-state index in [1.807, 2.05) is 12.1 Å². The molecule has 1 rings (SSSR count). The van der Waals surface area contributed by atoms with Crippen LogP contribution in [0.5, 0.6) is 5.75 Å². The molecule has 0 atom stereocenters. The molecule has 0 fully saturated rings. The van der Waals surface area contributed by atoms with Crippen molar-refractivity contribution in [2.45, 2.75) is 0 Å². The molecule has 0 aliphatic carbocycles. The molecule has 1 aromatic carbocycles. The van der Waals surface area contributed by atoms with E-state index < -0.39 is 0 Å². The fourth-order valence-electron chi connectivity index (χ4n) is 1.24. The van der Waals surface area contributed by atoms with Crippen molar-refractivity contribution in [1.29, 1.82) is 0 Å². The van der Waals surface area contributed by atoms with Crippen LogP contribution in [0.3, 0.4) is 0 Å². The third kappa shape index (κ3) is 4.60. The fourth-order valence-corrected chi connectivity index (χ4v) is 1.65. The number of hydrogen-bond donors (Lipinski definition) is 1. The quantitative estimate of drug-likeness (QED) is 0.812. The summed E-state index contributed by atoms with van der Waals surface area (Å²) in [5, 5.41) is 9.13. The molecule has 3 nitrogen and oxygen atoms in total. The summed E-state index contributed by atoms with van der Waals surface area (Å²) in [6.45, 7) is 1.53. The Morgan fingerprint density at radius 2 is 1.47 bits per heavy atom. The molecule has 5 heteroatoms. The average Bonchev–Trinajstić information content (AvgIpc) is 2.19. The summed E-state index contributed by atoms with van der Waals surface area (Å²) >= 11 is 11.4. The monoisotopic (exact) mass is 247 g/mol. The molecule has 0 aliphatic heterocycles. The van der Waals surface area contributed by atoms with Crippen molar-refractivity contribution < 1.29 is 5.11 Å². The topological polar surface area (TPSA) is 54.0 Å². The van der Waals surface area contributed by atoms with Crippen LogP contribution in [-0.4, -0.2) is 30.0 Å². The first-order valence-corrected chi connectivity index (χ1v) is 5.50. The SMILES string of the molecule is Oc1ccc(N(CCCl)CCCl)cc1.[N]. The largest absolute Gasteiger partial charge is 0.508 e. The van der Waals surface area contributed by atoms with Crippen LogP contribution < -0.4 is 11.1 Å². The lowest BCUT2D eigenvalue weighted by molar-refractivity contribution is 0.475. The number of halogens is 2. The number of phenols is 1. The molecule has 0 bridgehead atoms. The fraction of sp³-hybridized carbons (Fsp3) is 0.400. The number of benzene rings is 1. The number of phenolic OH excluding ortho intramolecular Hbond substituents is 1. The Hall–Kier alpha value is -0.640. The summed E-state index contributed by atoms with van der Waals surface area (Å²) in [5.74, 6) is 1.40. The Kier molecular flexibility index (Phi) is 7.30. The molecule has 3 radical (unpaired) electrons. The van der Waals surface area contributed by atoms with Gasteiger partial charge in [0.15, 0.2) is 0 Å². The maximum Gasteiger partial charge on any atom is 0.115 e. The molecule has 1 aromatic rings. The zero-order valence-corrected chi connectivity index (χ0v) is 9.75. The molecule has 0 amide bonds. The van der Waals surface area contributed by atoms with E-state index in [1.54, 1.807) is 12.1 Å². The van der Waals surface area contributed by atoms with E-state index in [0.717, 1.165) is 18.8 Å². The van der Waals surface area contributed by atoms with Crippen LogP contribution in [0.1, 0.15) is 0 Å². The highest BCUT2D eigenvalue weighted by Gasteiger charge is 2.04. The minimum atomic E-state index is 0. The minimum absolute atomic E-state index is 0. The third-order valence-corrected chi connectivity index (χ3v) is 2.26. The van der Waals surface area contributed by atoms with E-state index in [2.05, 4.69) is 4.90 Å². The van der Waals surface area contributed by atoms with Crippen LogP contribution in [0.15, 0.2) is 24.3 Å². The standard InChI is InChI=1S/C10H13Cl2NO.N/c11-5-7-13(8-6-12)9-1-3-10(14)4-2-9;/h1-4,14H,5-8H2;. The second kappa shape index (κ2) is 7.63. The second-order valence-corrected chi connectivity index (χ2v) is 3.64. The van der Waals surface area contributed by atoms with Gasteiger partial charge in [-0.05, 0) is 24.3 Å². The lowest BCUT2D eigenvalue weighted by Crippen LogP contribution is -2.27. The lowest BCUT2D eigenvalue weighted by atomic mass is 10.2. The molecular weight excluding hydrogens is 235 g/mol. The number of anilines is 1.